The number of nitrogens with zero attached hydrogens (tertiary/aromatic N) is 2. The quantitative estimate of drug-likeness (QED) is 0.327. The summed E-state index contributed by atoms with van der Waals surface area (Å²) in [6, 6.07) is 22.7. The van der Waals surface area contributed by atoms with Crippen molar-refractivity contribution in [1.29, 1.82) is 0 Å². The summed E-state index contributed by atoms with van der Waals surface area (Å²) >= 11 is 0. The molecule has 0 aliphatic rings. The van der Waals surface area contributed by atoms with Gasteiger partial charge in [-0.05, 0) is 74.5 Å². The Morgan fingerprint density at radius 3 is 1.94 bits per heavy atom. The van der Waals surface area contributed by atoms with Crippen molar-refractivity contribution >= 4 is 33.6 Å². The van der Waals surface area contributed by atoms with Gasteiger partial charge in [-0.3, -0.25) is 9.10 Å². The van der Waals surface area contributed by atoms with Crippen molar-refractivity contribution < 1.29 is 22.7 Å². The Balaban J connectivity index is 0.000000402. The van der Waals surface area contributed by atoms with Crippen molar-refractivity contribution in [2.75, 3.05) is 25.6 Å². The Hall–Kier alpha value is -3.85. The predicted octanol–water partition coefficient (Wildman–Crippen LogP) is 5.11. The highest BCUT2D eigenvalue weighted by Gasteiger charge is 2.18. The lowest BCUT2D eigenvalue weighted by Gasteiger charge is -2.14. The molecule has 0 saturated heterocycles. The minimum atomic E-state index is -3.72. The minimum Gasteiger partial charge on any atom is -0.494 e. The van der Waals surface area contributed by atoms with Gasteiger partial charge in [0.2, 0.25) is 5.91 Å². The molecule has 0 heterocycles. The Kier molecular flexibility index (Phi) is 10.8. The van der Waals surface area contributed by atoms with Crippen LogP contribution >= 0.6 is 0 Å². The van der Waals surface area contributed by atoms with E-state index in [4.69, 9.17) is 9.47 Å². The molecule has 3 aromatic rings. The molecular formula is C26H31N3O5S. The van der Waals surface area contributed by atoms with Crippen molar-refractivity contribution in [1.82, 2.24) is 4.31 Å². The topological polar surface area (TPSA) is 97.3 Å². The van der Waals surface area contributed by atoms with E-state index in [1.807, 2.05) is 44.2 Å². The first kappa shape index (κ1) is 27.4. The number of amides is 1. The molecule has 3 rings (SSSR count). The first-order valence-corrected chi connectivity index (χ1v) is 12.5. The molecule has 186 valence electrons. The van der Waals surface area contributed by atoms with Crippen LogP contribution in [0.15, 0.2) is 88.8 Å². The third kappa shape index (κ3) is 9.13. The normalized spacial score (nSPS) is 10.7. The number of hydrogen-bond donors (Lipinski definition) is 1. The summed E-state index contributed by atoms with van der Waals surface area (Å²) in [5.41, 5.74) is 1.14. The smallest absolute Gasteiger partial charge is 0.264 e. The summed E-state index contributed by atoms with van der Waals surface area (Å²) in [6.45, 7) is 6.58. The molecule has 0 unspecified atom stereocenters. The van der Waals surface area contributed by atoms with E-state index in [9.17, 15) is 13.2 Å². The number of aliphatic imine (C=N–C) groups is 1. The number of ether oxygens (including phenoxy) is 2. The second kappa shape index (κ2) is 13.8. The first-order chi connectivity index (χ1) is 16.8. The molecule has 1 N–H and O–H groups in total. The average molecular weight is 498 g/mol. The lowest BCUT2D eigenvalue weighted by molar-refractivity contribution is -0.114. The number of carbonyl (C=O) groups excluding carboxylic acids is 1. The molecule has 0 bridgehead atoms. The SMILES string of the molecule is CCOc1ccc(N=CN(C)S(=O)(=O)c2ccc(NC(C)=O)cc2)cc1.CCOc1ccccc1. The molecule has 0 atom stereocenters. The Bertz CT molecular complexity index is 1180. The van der Waals surface area contributed by atoms with Crippen LogP contribution in [0.4, 0.5) is 11.4 Å². The molecule has 0 spiro atoms. The van der Waals surface area contributed by atoms with Gasteiger partial charge >= 0.3 is 0 Å². The molecule has 8 nitrogen and oxygen atoms in total. The fourth-order valence-corrected chi connectivity index (χ4v) is 3.75. The van der Waals surface area contributed by atoms with Crippen LogP contribution in [0.25, 0.3) is 0 Å². The molecule has 0 aromatic heterocycles. The van der Waals surface area contributed by atoms with Gasteiger partial charge in [0.25, 0.3) is 10.0 Å². The molecule has 0 fully saturated rings. The third-order valence-corrected chi connectivity index (χ3v) is 6.14. The van der Waals surface area contributed by atoms with Crippen LogP contribution in [-0.2, 0) is 14.8 Å². The molecule has 0 aliphatic heterocycles. The molecule has 35 heavy (non-hydrogen) atoms. The lowest BCUT2D eigenvalue weighted by atomic mass is 10.3. The average Bonchev–Trinajstić information content (AvgIpc) is 2.85. The van der Waals surface area contributed by atoms with Gasteiger partial charge in [-0.15, -0.1) is 0 Å². The van der Waals surface area contributed by atoms with Crippen LogP contribution in [0.3, 0.4) is 0 Å². The van der Waals surface area contributed by atoms with Crippen LogP contribution in [-0.4, -0.2) is 45.2 Å². The summed E-state index contributed by atoms with van der Waals surface area (Å²) in [4.78, 5) is 15.3. The number of anilines is 1. The Morgan fingerprint density at radius 1 is 0.886 bits per heavy atom. The Labute approximate surface area is 207 Å². The number of para-hydroxylation sites is 1. The zero-order valence-corrected chi connectivity index (χ0v) is 21.2. The highest BCUT2D eigenvalue weighted by Crippen LogP contribution is 2.20. The summed E-state index contributed by atoms with van der Waals surface area (Å²) in [5.74, 6) is 1.45. The summed E-state index contributed by atoms with van der Waals surface area (Å²) in [6.07, 6.45) is 1.24. The van der Waals surface area contributed by atoms with Crippen molar-refractivity contribution in [2.45, 2.75) is 25.7 Å². The largest absolute Gasteiger partial charge is 0.494 e. The number of nitrogens with one attached hydrogen (secondary N) is 1. The summed E-state index contributed by atoms with van der Waals surface area (Å²) in [7, 11) is -2.31. The van der Waals surface area contributed by atoms with Gasteiger partial charge in [-0.2, -0.15) is 0 Å². The third-order valence-electron chi connectivity index (χ3n) is 4.42. The van der Waals surface area contributed by atoms with E-state index >= 15 is 0 Å². The second-order valence-corrected chi connectivity index (χ2v) is 9.14. The van der Waals surface area contributed by atoms with Crippen molar-refractivity contribution in [3.05, 3.63) is 78.9 Å². The lowest BCUT2D eigenvalue weighted by Crippen LogP contribution is -2.25. The van der Waals surface area contributed by atoms with Crippen molar-refractivity contribution in [3.63, 3.8) is 0 Å². The first-order valence-electron chi connectivity index (χ1n) is 11.1. The fraction of sp³-hybridized carbons (Fsp3) is 0.231. The van der Waals surface area contributed by atoms with E-state index < -0.39 is 10.0 Å². The van der Waals surface area contributed by atoms with E-state index in [0.717, 1.165) is 22.4 Å². The number of carbonyl (C=O) groups is 1. The van der Waals surface area contributed by atoms with E-state index in [-0.39, 0.29) is 10.8 Å². The number of sulfonamides is 1. The van der Waals surface area contributed by atoms with Gasteiger partial charge in [0.15, 0.2) is 0 Å². The maximum absolute atomic E-state index is 12.6. The standard InChI is InChI=1S/C18H21N3O4S.C8H10O/c1-4-25-17-9-5-15(6-10-17)19-13-21(3)26(23,24)18-11-7-16(8-12-18)20-14(2)22;1-2-9-8-6-4-3-5-7-8/h5-13H,4H2,1-3H3,(H,20,22);3-7H,2H2,1H3. The highest BCUT2D eigenvalue weighted by atomic mass is 32.2. The number of rotatable bonds is 9. The van der Waals surface area contributed by atoms with E-state index in [2.05, 4.69) is 10.3 Å². The van der Waals surface area contributed by atoms with Crippen molar-refractivity contribution in [3.8, 4) is 11.5 Å². The number of hydrogen-bond acceptors (Lipinski definition) is 6. The van der Waals surface area contributed by atoms with Gasteiger partial charge in [-0.1, -0.05) is 18.2 Å². The van der Waals surface area contributed by atoms with E-state index in [1.165, 1.54) is 44.6 Å². The van der Waals surface area contributed by atoms with Gasteiger partial charge in [0.05, 0.1) is 23.8 Å². The fourth-order valence-electron chi connectivity index (χ4n) is 2.77. The zero-order chi connectivity index (χ0) is 25.7. The minimum absolute atomic E-state index is 0.104. The molecular weight excluding hydrogens is 466 g/mol. The maximum atomic E-state index is 12.6. The van der Waals surface area contributed by atoms with E-state index in [0.29, 0.717) is 18.0 Å². The summed E-state index contributed by atoms with van der Waals surface area (Å²) in [5, 5.41) is 2.59. The molecule has 0 saturated carbocycles. The second-order valence-electron chi connectivity index (χ2n) is 7.14. The van der Waals surface area contributed by atoms with Crippen LogP contribution in [0.1, 0.15) is 20.8 Å². The van der Waals surface area contributed by atoms with Crippen molar-refractivity contribution in [2.24, 2.45) is 4.99 Å². The van der Waals surface area contributed by atoms with E-state index in [1.54, 1.807) is 24.3 Å². The highest BCUT2D eigenvalue weighted by molar-refractivity contribution is 7.89. The monoisotopic (exact) mass is 497 g/mol. The molecule has 0 aliphatic carbocycles. The summed E-state index contributed by atoms with van der Waals surface area (Å²) < 4.78 is 36.7. The van der Waals surface area contributed by atoms with Crippen LogP contribution in [0.2, 0.25) is 0 Å². The van der Waals surface area contributed by atoms with Gasteiger partial charge in [0.1, 0.15) is 17.8 Å². The van der Waals surface area contributed by atoms with Crippen LogP contribution < -0.4 is 14.8 Å². The van der Waals surface area contributed by atoms with Crippen LogP contribution in [0, 0.1) is 0 Å². The maximum Gasteiger partial charge on any atom is 0.264 e. The Morgan fingerprint density at radius 2 is 1.43 bits per heavy atom. The molecule has 9 heteroatoms. The molecule has 3 aromatic carbocycles. The predicted molar refractivity (Wildman–Crippen MR) is 139 cm³/mol. The zero-order valence-electron chi connectivity index (χ0n) is 20.3. The number of benzene rings is 3. The van der Waals surface area contributed by atoms with Gasteiger partial charge in [0, 0.05) is 19.7 Å². The molecule has 0 radical (unpaired) electrons. The van der Waals surface area contributed by atoms with Gasteiger partial charge in [-0.25, -0.2) is 13.4 Å². The van der Waals surface area contributed by atoms with Crippen LogP contribution in [0.5, 0.6) is 11.5 Å². The molecule has 1 amide bonds. The van der Waals surface area contributed by atoms with Gasteiger partial charge < -0.3 is 14.8 Å².